The fraction of sp³-hybridized carbons (Fsp3) is 0.545. The number of aliphatic imine (C=N–C) groups is 1. The van der Waals surface area contributed by atoms with Gasteiger partial charge < -0.3 is 20.5 Å². The Balaban J connectivity index is 0.00000104. The molecule has 0 saturated carbocycles. The Morgan fingerprint density at radius 1 is 1.20 bits per heavy atom. The van der Waals surface area contributed by atoms with Crippen LogP contribution in [0.25, 0.3) is 0 Å². The van der Waals surface area contributed by atoms with E-state index in [4.69, 9.17) is 15.2 Å². The van der Waals surface area contributed by atoms with Crippen molar-refractivity contribution in [2.24, 2.45) is 10.7 Å². The molecule has 1 saturated heterocycles. The Labute approximate surface area is 259 Å². The van der Waals surface area contributed by atoms with E-state index >= 15 is 0 Å². The topological polar surface area (TPSA) is 115 Å². The second kappa shape index (κ2) is 19.5. The molecule has 4 N–H and O–H groups in total. The van der Waals surface area contributed by atoms with Gasteiger partial charge in [0.05, 0.1) is 25.3 Å². The van der Waals surface area contributed by atoms with E-state index in [1.807, 2.05) is 39.0 Å². The van der Waals surface area contributed by atoms with E-state index in [9.17, 15) is 22.8 Å². The number of halogens is 3. The van der Waals surface area contributed by atoms with Gasteiger partial charge in [-0.15, -0.1) is 0 Å². The highest BCUT2D eigenvalue weighted by atomic mass is 19.4. The van der Waals surface area contributed by atoms with Crippen LogP contribution in [0.15, 0.2) is 58.3 Å². The van der Waals surface area contributed by atoms with Crippen LogP contribution >= 0.6 is 0 Å². The van der Waals surface area contributed by atoms with Gasteiger partial charge in [0.15, 0.2) is 5.96 Å². The fourth-order valence-electron chi connectivity index (χ4n) is 5.12. The zero-order chi connectivity index (χ0) is 32.5. The predicted molar refractivity (Wildman–Crippen MR) is 167 cm³/mol. The molecule has 0 aromatic heterocycles. The van der Waals surface area contributed by atoms with Crippen LogP contribution in [0.2, 0.25) is 0 Å². The van der Waals surface area contributed by atoms with Crippen LogP contribution in [0.5, 0.6) is 5.75 Å². The largest absolute Gasteiger partial charge is 0.493 e. The Morgan fingerprint density at radius 3 is 2.66 bits per heavy atom. The number of carbonyl (C=O) groups is 2. The number of amides is 2. The Kier molecular flexibility index (Phi) is 16.1. The first kappa shape index (κ1) is 36.4. The van der Waals surface area contributed by atoms with Crippen molar-refractivity contribution in [2.75, 3.05) is 13.2 Å². The Bertz CT molecular complexity index is 1210. The quantitative estimate of drug-likeness (QED) is 0.209. The molecule has 2 atom stereocenters. The highest BCUT2D eigenvalue weighted by molar-refractivity contribution is 5.98. The third kappa shape index (κ3) is 12.5. The van der Waals surface area contributed by atoms with Crippen LogP contribution in [0.3, 0.4) is 0 Å². The van der Waals surface area contributed by atoms with Gasteiger partial charge in [-0.3, -0.25) is 14.9 Å². The lowest BCUT2D eigenvalue weighted by Gasteiger charge is -2.27. The van der Waals surface area contributed by atoms with E-state index in [1.165, 1.54) is 11.1 Å². The molecule has 1 aromatic rings. The number of ether oxygens (including phenoxy) is 2. The molecule has 3 heterocycles. The lowest BCUT2D eigenvalue weighted by Crippen LogP contribution is -2.43. The molecule has 8 nitrogen and oxygen atoms in total. The van der Waals surface area contributed by atoms with Crippen molar-refractivity contribution in [1.29, 1.82) is 0 Å². The molecule has 0 bridgehead atoms. The average molecular weight is 621 g/mol. The van der Waals surface area contributed by atoms with Crippen LogP contribution in [-0.4, -0.2) is 43.7 Å². The number of fused-ring (bicyclic) bond motifs is 1. The standard InChI is InChI=1S/C30H40N4O4.C2H6.CHF3/c1-3-7-22-9-6-16-37-26(22)13-11-20(2)29(36)33-25-15-17-38-27-14-12-21(18-24(25)27)8-4-5-10-23-19-28(35)34-30(31)32-23;1-2;2-1(3)4/h7,11-14,18,23,25H,3-6,8-10,15-17,19H2,1-2H3,(H,33,36)(H3,31,32,34,35);1-2H3;1H/b20-11+,22-7+,26-13+;;. The molecule has 3 aliphatic rings. The molecule has 0 radical (unpaired) electrons. The van der Waals surface area contributed by atoms with Crippen LogP contribution in [0.4, 0.5) is 13.2 Å². The van der Waals surface area contributed by atoms with Gasteiger partial charge in [-0.1, -0.05) is 51.5 Å². The number of aryl methyl sites for hydroxylation is 1. The molecular formula is C33H47F3N4O4. The van der Waals surface area contributed by atoms with Crippen LogP contribution in [0, 0.1) is 0 Å². The number of nitrogens with two attached hydrogens (primary N) is 1. The summed E-state index contributed by atoms with van der Waals surface area (Å²) in [7, 11) is 0. The van der Waals surface area contributed by atoms with E-state index in [2.05, 4.69) is 40.8 Å². The first-order valence-electron chi connectivity index (χ1n) is 15.5. The number of benzene rings is 1. The maximum Gasteiger partial charge on any atom is 0.379 e. The van der Waals surface area contributed by atoms with Crippen LogP contribution in [-0.2, 0) is 20.7 Å². The third-order valence-corrected chi connectivity index (χ3v) is 7.14. The van der Waals surface area contributed by atoms with Crippen molar-refractivity contribution in [1.82, 2.24) is 10.6 Å². The minimum Gasteiger partial charge on any atom is -0.493 e. The summed E-state index contributed by atoms with van der Waals surface area (Å²) in [4.78, 5) is 29.0. The van der Waals surface area contributed by atoms with Gasteiger partial charge in [-0.05, 0) is 68.7 Å². The average Bonchev–Trinajstić information content (AvgIpc) is 2.99. The number of carbonyl (C=O) groups excluding carboxylic acids is 2. The van der Waals surface area contributed by atoms with Gasteiger partial charge in [-0.25, -0.2) is 4.99 Å². The van der Waals surface area contributed by atoms with Crippen molar-refractivity contribution in [3.63, 3.8) is 0 Å². The summed E-state index contributed by atoms with van der Waals surface area (Å²) in [6, 6.07) is 6.13. The number of allylic oxidation sites excluding steroid dienone is 4. The number of alkyl halides is 3. The van der Waals surface area contributed by atoms with Crippen molar-refractivity contribution in [3.8, 4) is 5.75 Å². The van der Waals surface area contributed by atoms with E-state index < -0.39 is 6.68 Å². The molecule has 11 heteroatoms. The molecule has 0 aliphatic carbocycles. The van der Waals surface area contributed by atoms with Gasteiger partial charge in [0, 0.05) is 24.0 Å². The first-order chi connectivity index (χ1) is 21.2. The zero-order valence-corrected chi connectivity index (χ0v) is 26.3. The number of guanidine groups is 1. The predicted octanol–water partition coefficient (Wildman–Crippen LogP) is 6.72. The second-order valence-electron chi connectivity index (χ2n) is 10.4. The summed E-state index contributed by atoms with van der Waals surface area (Å²) >= 11 is 0. The van der Waals surface area contributed by atoms with Crippen LogP contribution < -0.4 is 21.1 Å². The third-order valence-electron chi connectivity index (χ3n) is 7.14. The smallest absolute Gasteiger partial charge is 0.379 e. The summed E-state index contributed by atoms with van der Waals surface area (Å²) < 4.78 is 40.7. The van der Waals surface area contributed by atoms with Crippen molar-refractivity contribution in [2.45, 2.75) is 104 Å². The lowest BCUT2D eigenvalue weighted by atomic mass is 9.95. The van der Waals surface area contributed by atoms with Gasteiger partial charge in [0.2, 0.25) is 11.8 Å². The summed E-state index contributed by atoms with van der Waals surface area (Å²) in [5.74, 6) is 1.77. The molecule has 1 aromatic carbocycles. The first-order valence-corrected chi connectivity index (χ1v) is 15.5. The maximum absolute atomic E-state index is 13.0. The highest BCUT2D eigenvalue weighted by Crippen LogP contribution is 2.33. The molecule has 2 amide bonds. The molecule has 1 fully saturated rings. The molecule has 44 heavy (non-hydrogen) atoms. The maximum atomic E-state index is 13.0. The normalized spacial score (nSPS) is 21.4. The lowest BCUT2D eigenvalue weighted by molar-refractivity contribution is -0.120. The summed E-state index contributed by atoms with van der Waals surface area (Å²) in [6.45, 7) is 5.58. The van der Waals surface area contributed by atoms with Gasteiger partial charge in [-0.2, -0.15) is 13.2 Å². The van der Waals surface area contributed by atoms with E-state index in [1.54, 1.807) is 0 Å². The van der Waals surface area contributed by atoms with Gasteiger partial charge >= 0.3 is 6.68 Å². The fourth-order valence-corrected chi connectivity index (χ4v) is 5.12. The molecule has 244 valence electrons. The van der Waals surface area contributed by atoms with Crippen molar-refractivity contribution in [3.05, 3.63) is 64.5 Å². The molecular weight excluding hydrogens is 573 g/mol. The minimum atomic E-state index is -3.67. The number of nitrogens with one attached hydrogen (secondary N) is 2. The Morgan fingerprint density at radius 2 is 1.95 bits per heavy atom. The number of unbranched alkanes of at least 4 members (excludes halogenated alkanes) is 1. The summed E-state index contributed by atoms with van der Waals surface area (Å²) in [5.41, 5.74) is 9.77. The molecule has 4 rings (SSSR count). The van der Waals surface area contributed by atoms with E-state index in [-0.39, 0.29) is 29.9 Å². The summed E-state index contributed by atoms with van der Waals surface area (Å²) in [5, 5.41) is 5.75. The summed E-state index contributed by atoms with van der Waals surface area (Å²) in [6.07, 6.45) is 13.8. The van der Waals surface area contributed by atoms with Crippen molar-refractivity contribution < 1.29 is 32.2 Å². The number of rotatable bonds is 9. The molecule has 3 aliphatic heterocycles. The van der Waals surface area contributed by atoms with Gasteiger partial charge in [0.1, 0.15) is 11.5 Å². The minimum absolute atomic E-state index is 0.0360. The number of hydrogen-bond acceptors (Lipinski definition) is 6. The van der Waals surface area contributed by atoms with Crippen molar-refractivity contribution >= 4 is 17.8 Å². The van der Waals surface area contributed by atoms with Gasteiger partial charge in [0.25, 0.3) is 0 Å². The molecule has 0 spiro atoms. The number of nitrogens with zero attached hydrogens (tertiary/aromatic N) is 1. The number of hydrogen-bond donors (Lipinski definition) is 3. The second-order valence-corrected chi connectivity index (χ2v) is 10.4. The Hall–Kier alpha value is -3.76. The van der Waals surface area contributed by atoms with Crippen LogP contribution in [0.1, 0.15) is 96.2 Å². The van der Waals surface area contributed by atoms with E-state index in [0.29, 0.717) is 25.2 Å². The molecule has 2 unspecified atom stereocenters. The SMILES string of the molecule is CC.CC\C=C1/CCCO/C1=C/C=C(\C)C(=O)NC1CCOc2ccc(CCCCC3CC(=O)NC(N)=N3)cc21.FC(F)F. The van der Waals surface area contributed by atoms with E-state index in [0.717, 1.165) is 68.4 Å². The zero-order valence-electron chi connectivity index (χ0n) is 26.3. The highest BCUT2D eigenvalue weighted by Gasteiger charge is 2.24. The monoisotopic (exact) mass is 620 g/mol.